The molecule has 1 unspecified atom stereocenters. The fourth-order valence-corrected chi connectivity index (χ4v) is 1.84. The van der Waals surface area contributed by atoms with Gasteiger partial charge in [0.05, 0.1) is 11.0 Å². The van der Waals surface area contributed by atoms with Crippen LogP contribution in [0.4, 0.5) is 5.69 Å². The summed E-state index contributed by atoms with van der Waals surface area (Å²) in [5, 5.41) is 10.5. The first kappa shape index (κ1) is 9.63. The van der Waals surface area contributed by atoms with Crippen molar-refractivity contribution < 1.29 is 14.2 Å². The van der Waals surface area contributed by atoms with Crippen molar-refractivity contribution in [2.75, 3.05) is 4.43 Å². The van der Waals surface area contributed by atoms with Crippen LogP contribution in [-0.2, 0) is 6.54 Å². The van der Waals surface area contributed by atoms with Crippen molar-refractivity contribution >= 4 is 28.3 Å². The summed E-state index contributed by atoms with van der Waals surface area (Å²) in [4.78, 5) is 10.1. The highest BCUT2D eigenvalue weighted by Gasteiger charge is 2.31. The molecule has 0 spiro atoms. The van der Waals surface area contributed by atoms with E-state index >= 15 is 0 Å². The second-order valence-electron chi connectivity index (χ2n) is 3.03. The maximum absolute atomic E-state index is 10.5. The first-order valence-electron chi connectivity index (χ1n) is 4.11. The fourth-order valence-electron chi connectivity index (χ4n) is 1.38. The summed E-state index contributed by atoms with van der Waals surface area (Å²) in [6.45, 7) is 0.694. The second kappa shape index (κ2) is 3.68. The van der Waals surface area contributed by atoms with Gasteiger partial charge < -0.3 is 4.74 Å². The molecule has 0 aliphatic carbocycles. The zero-order chi connectivity index (χ0) is 10.1. The van der Waals surface area contributed by atoms with Crippen LogP contribution in [0.2, 0.25) is 0 Å². The monoisotopic (exact) mass is 307 g/mol. The van der Waals surface area contributed by atoms with E-state index in [1.165, 1.54) is 12.3 Å². The minimum absolute atomic E-state index is 0.103. The van der Waals surface area contributed by atoms with E-state index in [1.54, 1.807) is 10.6 Å². The zero-order valence-corrected chi connectivity index (χ0v) is 9.38. The summed E-state index contributed by atoms with van der Waals surface area (Å²) in [6, 6.07) is 3.10. The molecule has 14 heavy (non-hydrogen) atoms. The number of fused-ring (bicyclic) bond motifs is 1. The third-order valence-electron chi connectivity index (χ3n) is 2.04. The Morgan fingerprint density at radius 2 is 2.50 bits per heavy atom. The molecule has 2 heterocycles. The van der Waals surface area contributed by atoms with Gasteiger partial charge in [0.15, 0.2) is 12.6 Å². The molecule has 1 aromatic rings. The maximum Gasteiger partial charge on any atom is 0.368 e. The van der Waals surface area contributed by atoms with Crippen molar-refractivity contribution in [2.24, 2.45) is 0 Å². The minimum Gasteiger partial charge on any atom is -0.433 e. The van der Waals surface area contributed by atoms with Crippen molar-refractivity contribution in [3.8, 4) is 5.88 Å². The van der Waals surface area contributed by atoms with Crippen molar-refractivity contribution in [2.45, 2.75) is 12.6 Å². The van der Waals surface area contributed by atoms with E-state index in [-0.39, 0.29) is 11.8 Å². The highest BCUT2D eigenvalue weighted by molar-refractivity contribution is 14.1. The lowest BCUT2D eigenvalue weighted by Crippen LogP contribution is -2.32. The van der Waals surface area contributed by atoms with Crippen LogP contribution < -0.4 is 9.30 Å². The molecule has 74 valence electrons. The van der Waals surface area contributed by atoms with Crippen LogP contribution in [-0.4, -0.2) is 15.5 Å². The summed E-state index contributed by atoms with van der Waals surface area (Å²) in [5.74, 6) is 0.706. The molecule has 0 saturated carbocycles. The number of hydrogen-bond acceptors (Lipinski definition) is 3. The molecule has 1 aromatic heterocycles. The smallest absolute Gasteiger partial charge is 0.368 e. The first-order chi connectivity index (χ1) is 6.70. The Labute approximate surface area is 94.0 Å². The van der Waals surface area contributed by atoms with Gasteiger partial charge in [-0.3, -0.25) is 10.1 Å². The number of aromatic nitrogens is 1. The van der Waals surface area contributed by atoms with Crippen LogP contribution >= 0.6 is 22.6 Å². The Balaban J connectivity index is 2.31. The third-order valence-corrected chi connectivity index (χ3v) is 3.02. The number of rotatable bonds is 2. The van der Waals surface area contributed by atoms with Gasteiger partial charge in [0.2, 0.25) is 6.20 Å². The third kappa shape index (κ3) is 1.66. The molecule has 1 aliphatic rings. The van der Waals surface area contributed by atoms with Gasteiger partial charge in [0.25, 0.3) is 0 Å². The van der Waals surface area contributed by atoms with E-state index in [0.29, 0.717) is 12.4 Å². The van der Waals surface area contributed by atoms with E-state index in [1.807, 2.05) is 0 Å². The van der Waals surface area contributed by atoms with Crippen molar-refractivity contribution in [1.82, 2.24) is 0 Å². The minimum atomic E-state index is -0.398. The molecule has 0 radical (unpaired) electrons. The summed E-state index contributed by atoms with van der Waals surface area (Å²) < 4.78 is 8.19. The number of pyridine rings is 1. The van der Waals surface area contributed by atoms with Gasteiger partial charge in [-0.25, -0.2) is 0 Å². The Bertz CT molecular complexity index is 383. The quantitative estimate of drug-likeness (QED) is 0.270. The predicted molar refractivity (Wildman–Crippen MR) is 56.6 cm³/mol. The Kier molecular flexibility index (Phi) is 2.53. The molecule has 0 fully saturated rings. The molecule has 6 heteroatoms. The van der Waals surface area contributed by atoms with Crippen molar-refractivity contribution in [3.63, 3.8) is 0 Å². The van der Waals surface area contributed by atoms with E-state index in [2.05, 4.69) is 22.6 Å². The molecule has 2 rings (SSSR count). The molecule has 0 N–H and O–H groups in total. The molecule has 0 saturated heterocycles. The number of nitro groups is 1. The molecule has 1 aliphatic heterocycles. The molecule has 0 aromatic carbocycles. The molecule has 5 nitrogen and oxygen atoms in total. The Morgan fingerprint density at radius 3 is 3.14 bits per heavy atom. The lowest BCUT2D eigenvalue weighted by Gasteiger charge is -1.96. The lowest BCUT2D eigenvalue weighted by atomic mass is 10.4. The number of hydrogen-bond donors (Lipinski definition) is 0. The van der Waals surface area contributed by atoms with E-state index < -0.39 is 4.92 Å². The van der Waals surface area contributed by atoms with Crippen LogP contribution in [0.15, 0.2) is 18.3 Å². The second-order valence-corrected chi connectivity index (χ2v) is 3.91. The average molecular weight is 307 g/mol. The van der Waals surface area contributed by atoms with Gasteiger partial charge in [-0.05, 0) is 0 Å². The summed E-state index contributed by atoms with van der Waals surface area (Å²) in [6.07, 6.45) is 1.65. The number of halogens is 1. The fraction of sp³-hybridized carbons (Fsp3) is 0.375. The summed E-state index contributed by atoms with van der Waals surface area (Å²) in [7, 11) is 0. The normalized spacial score (nSPS) is 18.8. The van der Waals surface area contributed by atoms with Gasteiger partial charge in [-0.2, -0.15) is 4.57 Å². The van der Waals surface area contributed by atoms with Crippen LogP contribution in [0.25, 0.3) is 0 Å². The van der Waals surface area contributed by atoms with Gasteiger partial charge >= 0.3 is 11.6 Å². The van der Waals surface area contributed by atoms with Gasteiger partial charge in [0.1, 0.15) is 0 Å². The molecular formula is C8H8IN2O3+. The summed E-state index contributed by atoms with van der Waals surface area (Å²) in [5.41, 5.74) is 0.103. The number of alkyl halides is 1. The van der Waals surface area contributed by atoms with E-state index in [0.717, 1.165) is 4.43 Å². The predicted octanol–water partition coefficient (Wildman–Crippen LogP) is 1.08. The highest BCUT2D eigenvalue weighted by Crippen LogP contribution is 2.18. The first-order valence-corrected chi connectivity index (χ1v) is 5.64. The van der Waals surface area contributed by atoms with Crippen LogP contribution in [0, 0.1) is 10.1 Å². The van der Waals surface area contributed by atoms with Crippen LogP contribution in [0.5, 0.6) is 5.88 Å². The van der Waals surface area contributed by atoms with Gasteiger partial charge in [-0.15, -0.1) is 0 Å². The Hall–Kier alpha value is -0.920. The van der Waals surface area contributed by atoms with E-state index in [9.17, 15) is 10.1 Å². The average Bonchev–Trinajstić information content (AvgIpc) is 2.58. The van der Waals surface area contributed by atoms with Crippen LogP contribution in [0.1, 0.15) is 0 Å². The Morgan fingerprint density at radius 1 is 1.71 bits per heavy atom. The van der Waals surface area contributed by atoms with Gasteiger partial charge in [-0.1, -0.05) is 22.6 Å². The number of ether oxygens (including phenoxy) is 1. The topological polar surface area (TPSA) is 56.2 Å². The maximum atomic E-state index is 10.5. The zero-order valence-electron chi connectivity index (χ0n) is 7.22. The van der Waals surface area contributed by atoms with Crippen LogP contribution in [0.3, 0.4) is 0 Å². The largest absolute Gasteiger partial charge is 0.433 e. The standard InChI is InChI=1S/C8H8IN2O3/c9-3-7-5-10-4-6(11(12)13)1-2-8(10)14-7/h1-2,4,7H,3,5H2/q+1. The van der Waals surface area contributed by atoms with Crippen molar-refractivity contribution in [1.29, 1.82) is 0 Å². The molecule has 1 atom stereocenters. The van der Waals surface area contributed by atoms with E-state index in [4.69, 9.17) is 4.74 Å². The SMILES string of the molecule is O=[N+]([O-])c1ccc2[n+](c1)CC(CI)O2. The molecular weight excluding hydrogens is 299 g/mol. The highest BCUT2D eigenvalue weighted by atomic mass is 127. The lowest BCUT2D eigenvalue weighted by molar-refractivity contribution is -0.684. The summed E-state index contributed by atoms with van der Waals surface area (Å²) >= 11 is 2.24. The number of nitrogens with zero attached hydrogens (tertiary/aromatic N) is 2. The molecule has 0 bridgehead atoms. The van der Waals surface area contributed by atoms with Gasteiger partial charge in [0, 0.05) is 10.5 Å². The van der Waals surface area contributed by atoms with Crippen molar-refractivity contribution in [3.05, 3.63) is 28.4 Å². The molecule has 0 amide bonds.